The van der Waals surface area contributed by atoms with Crippen LogP contribution in [0.15, 0.2) is 0 Å². The van der Waals surface area contributed by atoms with Crippen molar-refractivity contribution in [2.45, 2.75) is 83.5 Å². The Kier molecular flexibility index (Phi) is 12.2. The van der Waals surface area contributed by atoms with E-state index in [0.717, 1.165) is 25.8 Å². The summed E-state index contributed by atoms with van der Waals surface area (Å²) in [5.41, 5.74) is 0. The lowest BCUT2D eigenvalue weighted by Gasteiger charge is -2.21. The molecule has 1 heterocycles. The van der Waals surface area contributed by atoms with Crippen LogP contribution < -0.4 is 21.3 Å². The first-order valence-electron chi connectivity index (χ1n) is 10.6. The van der Waals surface area contributed by atoms with E-state index in [-0.39, 0.29) is 23.5 Å². The number of hydrogen-bond acceptors (Lipinski definition) is 7. The van der Waals surface area contributed by atoms with Crippen molar-refractivity contribution >= 4 is 40.6 Å². The van der Waals surface area contributed by atoms with Crippen molar-refractivity contribution in [2.24, 2.45) is 0 Å². The molecule has 176 valence electrons. The molecular formula is C20H34N4O6S. The van der Waals surface area contributed by atoms with Crippen molar-refractivity contribution in [3.63, 3.8) is 0 Å². The van der Waals surface area contributed by atoms with Gasteiger partial charge in [-0.25, -0.2) is 4.79 Å². The second kappa shape index (κ2) is 14.0. The molecule has 5 N–H and O–H groups in total. The normalized spacial score (nSPS) is 18.5. The highest BCUT2D eigenvalue weighted by Crippen LogP contribution is 2.10. The molecule has 1 rings (SSSR count). The van der Waals surface area contributed by atoms with Gasteiger partial charge in [0.2, 0.25) is 17.7 Å². The number of carbonyl (C=O) groups excluding carboxylic acids is 4. The lowest BCUT2D eigenvalue weighted by atomic mass is 10.1. The lowest BCUT2D eigenvalue weighted by Crippen LogP contribution is -2.55. The molecule has 1 aliphatic rings. The Labute approximate surface area is 187 Å². The van der Waals surface area contributed by atoms with Crippen molar-refractivity contribution in [1.82, 2.24) is 21.3 Å². The largest absolute Gasteiger partial charge is 0.480 e. The average Bonchev–Trinajstić information content (AvgIpc) is 3.23. The zero-order chi connectivity index (χ0) is 23.4. The van der Waals surface area contributed by atoms with E-state index in [0.29, 0.717) is 18.6 Å². The first-order valence-corrected chi connectivity index (χ1v) is 11.6. The molecule has 31 heavy (non-hydrogen) atoms. The van der Waals surface area contributed by atoms with Gasteiger partial charge in [0.1, 0.15) is 18.1 Å². The van der Waals surface area contributed by atoms with E-state index in [1.807, 2.05) is 0 Å². The van der Waals surface area contributed by atoms with E-state index < -0.39 is 35.9 Å². The molecule has 11 heteroatoms. The Balaban J connectivity index is 2.39. The molecule has 10 nitrogen and oxygen atoms in total. The topological polar surface area (TPSA) is 154 Å². The maximum atomic E-state index is 12.3. The van der Waals surface area contributed by atoms with Crippen LogP contribution in [-0.2, 0) is 24.0 Å². The van der Waals surface area contributed by atoms with Gasteiger partial charge in [0.25, 0.3) is 0 Å². The minimum atomic E-state index is -1.14. The maximum absolute atomic E-state index is 12.3. The van der Waals surface area contributed by atoms with Crippen LogP contribution in [0.3, 0.4) is 0 Å². The van der Waals surface area contributed by atoms with Crippen molar-refractivity contribution < 1.29 is 29.1 Å². The summed E-state index contributed by atoms with van der Waals surface area (Å²) in [5, 5.41) is 20.0. The van der Waals surface area contributed by atoms with Crippen molar-refractivity contribution in [3.8, 4) is 0 Å². The molecular weight excluding hydrogens is 424 g/mol. The van der Waals surface area contributed by atoms with Gasteiger partial charge in [-0.15, -0.1) is 0 Å². The fourth-order valence-electron chi connectivity index (χ4n) is 3.09. The molecule has 1 aliphatic heterocycles. The highest BCUT2D eigenvalue weighted by atomic mass is 32.2. The summed E-state index contributed by atoms with van der Waals surface area (Å²) in [4.78, 5) is 59.0. The molecule has 4 atom stereocenters. The Bertz CT molecular complexity index is 654. The number of amides is 3. The molecule has 0 aromatic rings. The van der Waals surface area contributed by atoms with Gasteiger partial charge in [-0.05, 0) is 46.1 Å². The highest BCUT2D eigenvalue weighted by Gasteiger charge is 2.27. The van der Waals surface area contributed by atoms with Gasteiger partial charge in [-0.2, -0.15) is 0 Å². The number of unbranched alkanes of at least 4 members (excludes halogenated alkanes) is 2. The van der Waals surface area contributed by atoms with Crippen LogP contribution in [0, 0.1) is 0 Å². The second-order valence-corrected chi connectivity index (χ2v) is 8.97. The first-order chi connectivity index (χ1) is 14.6. The van der Waals surface area contributed by atoms with Crippen LogP contribution in [0.2, 0.25) is 0 Å². The third-order valence-corrected chi connectivity index (χ3v) is 5.84. The number of carboxylic acids is 1. The molecule has 0 aromatic carbocycles. The SMILES string of the molecule is CC(=O)SCCCCC[C@H](NC(=O)[C@H](C)NC(=O)[C@H](C)NC(=O)[C@@H]1CCCN1)C(=O)O. The summed E-state index contributed by atoms with van der Waals surface area (Å²) in [6, 6.07) is -3.15. The van der Waals surface area contributed by atoms with Crippen LogP contribution >= 0.6 is 11.8 Å². The van der Waals surface area contributed by atoms with Gasteiger partial charge in [0.15, 0.2) is 5.12 Å². The molecule has 0 aliphatic carbocycles. The van der Waals surface area contributed by atoms with E-state index >= 15 is 0 Å². The number of carboxylic acid groups (broad SMARTS) is 1. The Morgan fingerprint density at radius 1 is 1.00 bits per heavy atom. The summed E-state index contributed by atoms with van der Waals surface area (Å²) < 4.78 is 0. The number of carbonyl (C=O) groups is 5. The van der Waals surface area contributed by atoms with Crippen LogP contribution in [0.5, 0.6) is 0 Å². The fraction of sp³-hybridized carbons (Fsp3) is 0.750. The van der Waals surface area contributed by atoms with Gasteiger partial charge in [-0.1, -0.05) is 24.6 Å². The standard InChI is InChI=1S/C20H34N4O6S/c1-12(23-19(28)15-9-7-10-21-15)17(26)22-13(2)18(27)24-16(20(29)30)8-5-4-6-11-31-14(3)25/h12-13,15-16,21H,4-11H2,1-3H3,(H,22,26)(H,23,28)(H,24,27)(H,29,30)/t12-,13-,15-,16-/m0/s1. The number of aliphatic carboxylic acids is 1. The molecule has 0 radical (unpaired) electrons. The molecule has 0 saturated carbocycles. The molecule has 1 saturated heterocycles. The molecule has 0 unspecified atom stereocenters. The summed E-state index contributed by atoms with van der Waals surface area (Å²) in [6.07, 6.45) is 4.00. The van der Waals surface area contributed by atoms with Crippen LogP contribution in [0.4, 0.5) is 0 Å². The van der Waals surface area contributed by atoms with E-state index in [1.54, 1.807) is 0 Å². The zero-order valence-electron chi connectivity index (χ0n) is 18.4. The monoisotopic (exact) mass is 458 g/mol. The van der Waals surface area contributed by atoms with Crippen LogP contribution in [0.1, 0.15) is 59.3 Å². The Morgan fingerprint density at radius 2 is 1.65 bits per heavy atom. The third-order valence-electron chi connectivity index (χ3n) is 4.94. The Hall–Kier alpha value is -2.14. The minimum absolute atomic E-state index is 0.0517. The lowest BCUT2D eigenvalue weighted by molar-refractivity contribution is -0.142. The zero-order valence-corrected chi connectivity index (χ0v) is 19.2. The van der Waals surface area contributed by atoms with Gasteiger partial charge < -0.3 is 26.4 Å². The van der Waals surface area contributed by atoms with Crippen LogP contribution in [0.25, 0.3) is 0 Å². The summed E-state index contributed by atoms with van der Waals surface area (Å²) in [7, 11) is 0. The predicted molar refractivity (Wildman–Crippen MR) is 117 cm³/mol. The first kappa shape index (κ1) is 26.9. The van der Waals surface area contributed by atoms with E-state index in [2.05, 4.69) is 21.3 Å². The summed E-state index contributed by atoms with van der Waals surface area (Å²) >= 11 is 1.23. The van der Waals surface area contributed by atoms with Gasteiger partial charge in [0, 0.05) is 12.7 Å². The molecule has 0 aromatic heterocycles. The number of hydrogen-bond donors (Lipinski definition) is 5. The fourth-order valence-corrected chi connectivity index (χ4v) is 3.73. The second-order valence-electron chi connectivity index (χ2n) is 7.70. The van der Waals surface area contributed by atoms with Crippen molar-refractivity contribution in [1.29, 1.82) is 0 Å². The molecule has 1 fully saturated rings. The number of thioether (sulfide) groups is 1. The van der Waals surface area contributed by atoms with Crippen LogP contribution in [-0.4, -0.2) is 70.4 Å². The number of rotatable bonds is 13. The van der Waals surface area contributed by atoms with E-state index in [9.17, 15) is 29.1 Å². The van der Waals surface area contributed by atoms with Crippen molar-refractivity contribution in [3.05, 3.63) is 0 Å². The summed E-state index contributed by atoms with van der Waals surface area (Å²) in [6.45, 7) is 5.25. The van der Waals surface area contributed by atoms with Crippen molar-refractivity contribution in [2.75, 3.05) is 12.3 Å². The third kappa shape index (κ3) is 10.6. The predicted octanol–water partition coefficient (Wildman–Crippen LogP) is 0.157. The minimum Gasteiger partial charge on any atom is -0.480 e. The van der Waals surface area contributed by atoms with Gasteiger partial charge in [-0.3, -0.25) is 19.2 Å². The van der Waals surface area contributed by atoms with Gasteiger partial charge in [0.05, 0.1) is 6.04 Å². The van der Waals surface area contributed by atoms with Gasteiger partial charge >= 0.3 is 5.97 Å². The molecule has 0 bridgehead atoms. The van der Waals surface area contributed by atoms with E-state index in [4.69, 9.17) is 0 Å². The maximum Gasteiger partial charge on any atom is 0.326 e. The Morgan fingerprint density at radius 3 is 2.23 bits per heavy atom. The molecule has 0 spiro atoms. The average molecular weight is 459 g/mol. The molecule has 3 amide bonds. The van der Waals surface area contributed by atoms with E-state index in [1.165, 1.54) is 32.5 Å². The number of nitrogens with one attached hydrogen (secondary N) is 4. The summed E-state index contributed by atoms with van der Waals surface area (Å²) in [5.74, 6) is -1.85. The highest BCUT2D eigenvalue weighted by molar-refractivity contribution is 8.13. The smallest absolute Gasteiger partial charge is 0.326 e. The quantitative estimate of drug-likeness (QED) is 0.245.